The second-order valence-corrected chi connectivity index (χ2v) is 8.73. The summed E-state index contributed by atoms with van der Waals surface area (Å²) >= 11 is 0. The van der Waals surface area contributed by atoms with Crippen molar-refractivity contribution in [1.82, 2.24) is 24.0 Å². The number of halogens is 1. The average Bonchev–Trinajstić information content (AvgIpc) is 3.41. The van der Waals surface area contributed by atoms with Crippen molar-refractivity contribution < 1.29 is 9.18 Å². The number of nitrogens with one attached hydrogen (secondary N) is 1. The summed E-state index contributed by atoms with van der Waals surface area (Å²) in [6, 6.07) is 17.7. The minimum atomic E-state index is -0.287. The summed E-state index contributed by atoms with van der Waals surface area (Å²) in [6.07, 6.45) is 3.72. The van der Waals surface area contributed by atoms with E-state index in [1.54, 1.807) is 23.0 Å². The van der Waals surface area contributed by atoms with Gasteiger partial charge in [-0.15, -0.1) is 0 Å². The maximum absolute atomic E-state index is 13.4. The molecule has 7 nitrogen and oxygen atoms in total. The molecular weight excluding hydrogens is 442 g/mol. The van der Waals surface area contributed by atoms with E-state index in [0.29, 0.717) is 23.6 Å². The van der Waals surface area contributed by atoms with E-state index in [0.717, 1.165) is 27.8 Å². The first-order valence-electron chi connectivity index (χ1n) is 11.2. The first-order chi connectivity index (χ1) is 16.9. The normalized spacial score (nSPS) is 11.2. The fourth-order valence-corrected chi connectivity index (χ4v) is 4.14. The van der Waals surface area contributed by atoms with Gasteiger partial charge < -0.3 is 0 Å². The number of amides is 1. The van der Waals surface area contributed by atoms with E-state index in [-0.39, 0.29) is 11.7 Å². The standard InChI is InChI=1S/C26H24BFN6O/c1-32(2)14-18-6-4-5-7-20(18)26(35)30-23-16-34-24(29-23)13-12-22(27-34)21-15-33(3)31-25(21)17-8-10-19(28)11-9-17/h4-13,15-16H,14H2,1-3H3,(H,30,35). The number of carbonyl (C=O) groups excluding carboxylic acids is 1. The van der Waals surface area contributed by atoms with Gasteiger partial charge >= 0.3 is 203 Å². The molecule has 0 saturated heterocycles. The molecule has 0 unspecified atom stereocenters. The van der Waals surface area contributed by atoms with E-state index < -0.39 is 0 Å². The Morgan fingerprint density at radius 3 is 2.60 bits per heavy atom. The Labute approximate surface area is 203 Å². The first kappa shape index (κ1) is 22.7. The molecule has 0 aliphatic heterocycles. The molecule has 2 aromatic carbocycles. The van der Waals surface area contributed by atoms with E-state index in [2.05, 4.69) is 15.4 Å². The Morgan fingerprint density at radius 1 is 1.06 bits per heavy atom. The molecule has 3 aromatic heterocycles. The molecule has 174 valence electrons. The molecule has 3 heterocycles. The first-order valence-corrected chi connectivity index (χ1v) is 11.2. The Bertz CT molecular complexity index is 1520. The van der Waals surface area contributed by atoms with Gasteiger partial charge in [0, 0.05) is 0 Å². The molecule has 0 aliphatic carbocycles. The summed E-state index contributed by atoms with van der Waals surface area (Å²) in [5.74, 6) is -0.0151. The fourth-order valence-electron chi connectivity index (χ4n) is 4.14. The van der Waals surface area contributed by atoms with Crippen LogP contribution >= 0.6 is 0 Å². The van der Waals surface area contributed by atoms with Crippen molar-refractivity contribution in [3.05, 3.63) is 90.0 Å². The molecule has 5 aromatic rings. The zero-order valence-corrected chi connectivity index (χ0v) is 19.7. The average molecular weight is 466 g/mol. The quantitative estimate of drug-likeness (QED) is 0.408. The molecular formula is C26H24BFN6O. The molecule has 9 heteroatoms. The molecule has 0 saturated carbocycles. The number of anilines is 1. The Hall–Kier alpha value is -4.11. The predicted molar refractivity (Wildman–Crippen MR) is 136 cm³/mol. The van der Waals surface area contributed by atoms with Gasteiger partial charge in [-0.1, -0.05) is 0 Å². The Morgan fingerprint density at radius 2 is 1.83 bits per heavy atom. The SMILES string of the molecule is CN(C)Cc1ccccc1C(=O)Nc1cn2bc(-c3cn(C)nc3-c3ccc(F)cc3)ccc2n1. The zero-order valence-electron chi connectivity index (χ0n) is 19.7. The van der Waals surface area contributed by atoms with Crippen LogP contribution in [0.3, 0.4) is 0 Å². The van der Waals surface area contributed by atoms with Crippen LogP contribution in [0.15, 0.2) is 73.1 Å². The van der Waals surface area contributed by atoms with Crippen LogP contribution in [0.4, 0.5) is 10.2 Å². The molecule has 0 radical (unpaired) electrons. The van der Waals surface area contributed by atoms with Crippen LogP contribution in [0.25, 0.3) is 27.9 Å². The number of fused-ring (bicyclic) bond motifs is 1. The fraction of sp³-hybridized carbons (Fsp3) is 0.154. The predicted octanol–water partition coefficient (Wildman–Crippen LogP) is 4.19. The second kappa shape index (κ2) is 9.27. The summed E-state index contributed by atoms with van der Waals surface area (Å²) in [7, 11) is 7.74. The van der Waals surface area contributed by atoms with E-state index in [4.69, 9.17) is 0 Å². The van der Waals surface area contributed by atoms with Crippen LogP contribution in [-0.2, 0) is 13.6 Å². The van der Waals surface area contributed by atoms with Gasteiger partial charge in [-0.25, -0.2) is 0 Å². The molecule has 5 rings (SSSR count). The maximum atomic E-state index is 13.4. The molecule has 0 bridgehead atoms. The number of aryl methyl sites for hydroxylation is 1. The van der Waals surface area contributed by atoms with Crippen LogP contribution in [0.5, 0.6) is 0 Å². The Balaban J connectivity index is 1.45. The van der Waals surface area contributed by atoms with Crippen molar-refractivity contribution in [1.29, 1.82) is 0 Å². The number of nitrogens with zero attached hydrogens (tertiary/aromatic N) is 5. The van der Waals surface area contributed by atoms with Gasteiger partial charge in [0.25, 0.3) is 0 Å². The topological polar surface area (TPSA) is 67.5 Å². The zero-order chi connectivity index (χ0) is 24.5. The second-order valence-electron chi connectivity index (χ2n) is 8.73. The molecule has 0 fully saturated rings. The molecule has 0 spiro atoms. The van der Waals surface area contributed by atoms with Crippen molar-refractivity contribution in [3.8, 4) is 22.3 Å². The number of hydrogen-bond donors (Lipinski definition) is 1. The van der Waals surface area contributed by atoms with Crippen molar-refractivity contribution in [2.45, 2.75) is 6.54 Å². The van der Waals surface area contributed by atoms with E-state index in [1.807, 2.05) is 80.0 Å². The van der Waals surface area contributed by atoms with Crippen LogP contribution in [0.1, 0.15) is 15.9 Å². The molecule has 1 N–H and O–H groups in total. The number of carbonyl (C=O) groups is 1. The number of rotatable bonds is 6. The molecule has 1 amide bonds. The van der Waals surface area contributed by atoms with Crippen molar-refractivity contribution in [2.24, 2.45) is 7.05 Å². The van der Waals surface area contributed by atoms with Gasteiger partial charge in [0.1, 0.15) is 0 Å². The number of hydrogen-bond acceptors (Lipinski definition) is 4. The minimum absolute atomic E-state index is 0.197. The monoisotopic (exact) mass is 466 g/mol. The number of imidazole rings is 1. The van der Waals surface area contributed by atoms with Crippen LogP contribution < -0.4 is 5.32 Å². The third-order valence-corrected chi connectivity index (χ3v) is 5.70. The van der Waals surface area contributed by atoms with Crippen LogP contribution in [0.2, 0.25) is 0 Å². The summed E-state index contributed by atoms with van der Waals surface area (Å²) in [4.78, 5) is 19.6. The van der Waals surface area contributed by atoms with Crippen molar-refractivity contribution in [2.75, 3.05) is 19.4 Å². The molecule has 0 atom stereocenters. The van der Waals surface area contributed by atoms with E-state index in [1.165, 1.54) is 12.1 Å². The van der Waals surface area contributed by atoms with Gasteiger partial charge in [0.05, 0.1) is 0 Å². The third kappa shape index (κ3) is 4.76. The van der Waals surface area contributed by atoms with Crippen molar-refractivity contribution >= 4 is 24.4 Å². The summed E-state index contributed by atoms with van der Waals surface area (Å²) in [6.45, 7) is 0.666. The van der Waals surface area contributed by atoms with Gasteiger partial charge in [-0.05, 0) is 0 Å². The van der Waals surface area contributed by atoms with Gasteiger partial charge in [0.15, 0.2) is 0 Å². The molecule has 35 heavy (non-hydrogen) atoms. The summed E-state index contributed by atoms with van der Waals surface area (Å²) in [5.41, 5.74) is 5.71. The third-order valence-electron chi connectivity index (χ3n) is 5.70. The number of benzene rings is 2. The summed E-state index contributed by atoms with van der Waals surface area (Å²) < 4.78 is 17.0. The van der Waals surface area contributed by atoms with E-state index >= 15 is 0 Å². The van der Waals surface area contributed by atoms with Gasteiger partial charge in [-0.2, -0.15) is 0 Å². The Kier molecular flexibility index (Phi) is 6.00. The van der Waals surface area contributed by atoms with Crippen LogP contribution in [-0.4, -0.2) is 51.0 Å². The van der Waals surface area contributed by atoms with Gasteiger partial charge in [-0.3, -0.25) is 0 Å². The van der Waals surface area contributed by atoms with Crippen molar-refractivity contribution in [3.63, 3.8) is 0 Å². The molecule has 0 aliphatic rings. The van der Waals surface area contributed by atoms with Gasteiger partial charge in [0.2, 0.25) is 0 Å². The van der Waals surface area contributed by atoms with Crippen LogP contribution in [0, 0.1) is 5.82 Å². The number of aromatic nitrogens is 4. The summed E-state index contributed by atoms with van der Waals surface area (Å²) in [5, 5.41) is 7.51. The van der Waals surface area contributed by atoms with E-state index in [9.17, 15) is 9.18 Å².